The summed E-state index contributed by atoms with van der Waals surface area (Å²) in [5, 5.41) is 31.8. The number of aryl methyl sites for hydroxylation is 1. The number of rotatable bonds is 3. The number of hydrogen-bond acceptors (Lipinski definition) is 7. The highest BCUT2D eigenvalue weighted by atomic mass is 16.6. The van der Waals surface area contributed by atoms with E-state index in [0.29, 0.717) is 17.1 Å². The molecule has 4 aromatic heterocycles. The summed E-state index contributed by atoms with van der Waals surface area (Å²) in [6.07, 6.45) is 0.720. The van der Waals surface area contributed by atoms with Crippen LogP contribution in [0.25, 0.3) is 33.5 Å². The van der Waals surface area contributed by atoms with Gasteiger partial charge in [0, 0.05) is 18.6 Å². The largest absolute Gasteiger partial charge is 0.463 e. The number of aliphatic hydroxyl groups excluding tert-OH is 3. The SMILES string of the molecule is Cn1ccc2c3c(-c4ccco4)ncnc3n([C@@H]3O[C@H](CO)[C@@H](O)[C@H]3O)c21. The van der Waals surface area contributed by atoms with Gasteiger partial charge in [0.05, 0.1) is 18.3 Å². The Bertz CT molecular complexity index is 1120. The molecule has 5 rings (SSSR count). The van der Waals surface area contributed by atoms with Gasteiger partial charge in [-0.3, -0.25) is 4.57 Å². The normalized spacial score (nSPS) is 25.8. The Morgan fingerprint density at radius 2 is 2.04 bits per heavy atom. The quantitative estimate of drug-likeness (QED) is 0.488. The van der Waals surface area contributed by atoms with Crippen molar-refractivity contribution in [1.29, 1.82) is 0 Å². The van der Waals surface area contributed by atoms with Crippen molar-refractivity contribution in [3.8, 4) is 11.5 Å². The molecule has 9 nitrogen and oxygen atoms in total. The van der Waals surface area contributed by atoms with E-state index in [9.17, 15) is 15.3 Å². The van der Waals surface area contributed by atoms with Crippen molar-refractivity contribution in [1.82, 2.24) is 19.1 Å². The monoisotopic (exact) mass is 370 g/mol. The first-order valence-corrected chi connectivity index (χ1v) is 8.58. The van der Waals surface area contributed by atoms with E-state index in [-0.39, 0.29) is 0 Å². The van der Waals surface area contributed by atoms with Crippen molar-refractivity contribution >= 4 is 22.1 Å². The van der Waals surface area contributed by atoms with Crippen LogP contribution in [0, 0.1) is 0 Å². The molecule has 1 aliphatic rings. The number of aromatic nitrogens is 4. The van der Waals surface area contributed by atoms with Crippen LogP contribution in [0.15, 0.2) is 41.4 Å². The van der Waals surface area contributed by atoms with Gasteiger partial charge in [-0.05, 0) is 18.2 Å². The van der Waals surface area contributed by atoms with Crippen LogP contribution >= 0.6 is 0 Å². The van der Waals surface area contributed by atoms with Gasteiger partial charge in [-0.1, -0.05) is 0 Å². The lowest BCUT2D eigenvalue weighted by molar-refractivity contribution is -0.0493. The maximum absolute atomic E-state index is 10.6. The van der Waals surface area contributed by atoms with Gasteiger partial charge < -0.3 is 29.0 Å². The van der Waals surface area contributed by atoms with Crippen LogP contribution in [0.2, 0.25) is 0 Å². The summed E-state index contributed by atoms with van der Waals surface area (Å²) >= 11 is 0. The first-order chi connectivity index (χ1) is 13.1. The third kappa shape index (κ3) is 2.20. The molecule has 140 valence electrons. The Morgan fingerprint density at radius 1 is 1.19 bits per heavy atom. The van der Waals surface area contributed by atoms with Gasteiger partial charge in [-0.2, -0.15) is 0 Å². The maximum Gasteiger partial charge on any atom is 0.166 e. The van der Waals surface area contributed by atoms with Gasteiger partial charge in [0.2, 0.25) is 0 Å². The van der Waals surface area contributed by atoms with E-state index in [1.807, 2.05) is 29.9 Å². The zero-order valence-corrected chi connectivity index (χ0v) is 14.4. The van der Waals surface area contributed by atoms with E-state index in [2.05, 4.69) is 9.97 Å². The Morgan fingerprint density at radius 3 is 2.74 bits per heavy atom. The molecule has 4 atom stereocenters. The average molecular weight is 370 g/mol. The third-order valence-corrected chi connectivity index (χ3v) is 5.12. The van der Waals surface area contributed by atoms with Crippen LogP contribution in [-0.4, -0.2) is 59.3 Å². The van der Waals surface area contributed by atoms with E-state index in [4.69, 9.17) is 9.15 Å². The molecule has 0 saturated carbocycles. The van der Waals surface area contributed by atoms with E-state index in [0.717, 1.165) is 16.4 Å². The summed E-state index contributed by atoms with van der Waals surface area (Å²) in [5.41, 5.74) is 1.94. The number of nitrogens with zero attached hydrogens (tertiary/aromatic N) is 4. The number of aliphatic hydroxyl groups is 3. The first kappa shape index (κ1) is 16.5. The Hall–Kier alpha value is -2.72. The highest BCUT2D eigenvalue weighted by Gasteiger charge is 2.45. The Balaban J connectivity index is 1.82. The molecule has 0 aromatic carbocycles. The number of fused-ring (bicyclic) bond motifs is 3. The number of ether oxygens (including phenoxy) is 1. The highest BCUT2D eigenvalue weighted by Crippen LogP contribution is 2.40. The van der Waals surface area contributed by atoms with Gasteiger partial charge in [0.25, 0.3) is 0 Å². The summed E-state index contributed by atoms with van der Waals surface area (Å²) in [5.74, 6) is 0.603. The fourth-order valence-corrected chi connectivity index (χ4v) is 3.86. The minimum Gasteiger partial charge on any atom is -0.463 e. The molecule has 5 heterocycles. The molecule has 0 spiro atoms. The van der Waals surface area contributed by atoms with Gasteiger partial charge >= 0.3 is 0 Å². The van der Waals surface area contributed by atoms with Crippen LogP contribution in [0.5, 0.6) is 0 Å². The zero-order chi connectivity index (χ0) is 18.7. The van der Waals surface area contributed by atoms with E-state index in [1.54, 1.807) is 16.9 Å². The fraction of sp³-hybridized carbons (Fsp3) is 0.333. The summed E-state index contributed by atoms with van der Waals surface area (Å²) in [6.45, 7) is -0.392. The first-order valence-electron chi connectivity index (χ1n) is 8.58. The Labute approximate surface area is 153 Å². The second-order valence-electron chi connectivity index (χ2n) is 6.66. The van der Waals surface area contributed by atoms with Crippen LogP contribution in [0.3, 0.4) is 0 Å². The maximum atomic E-state index is 10.6. The number of hydrogen-bond donors (Lipinski definition) is 3. The lowest BCUT2D eigenvalue weighted by atomic mass is 10.1. The van der Waals surface area contributed by atoms with Gasteiger partial charge in [0.15, 0.2) is 12.0 Å². The minimum atomic E-state index is -1.21. The third-order valence-electron chi connectivity index (χ3n) is 5.12. The van der Waals surface area contributed by atoms with Crippen molar-refractivity contribution in [2.45, 2.75) is 24.5 Å². The Kier molecular flexibility index (Phi) is 3.59. The molecule has 4 aromatic rings. The van der Waals surface area contributed by atoms with E-state index < -0.39 is 31.1 Å². The van der Waals surface area contributed by atoms with Crippen LogP contribution in [-0.2, 0) is 11.8 Å². The minimum absolute atomic E-state index is 0.392. The molecule has 1 fully saturated rings. The molecule has 1 saturated heterocycles. The van der Waals surface area contributed by atoms with Crippen molar-refractivity contribution in [2.24, 2.45) is 7.05 Å². The summed E-state index contributed by atoms with van der Waals surface area (Å²) in [4.78, 5) is 8.81. The molecule has 0 aliphatic carbocycles. The molecule has 1 aliphatic heterocycles. The molecule has 0 unspecified atom stereocenters. The summed E-state index contributed by atoms with van der Waals surface area (Å²) in [6, 6.07) is 5.54. The molecular weight excluding hydrogens is 352 g/mol. The average Bonchev–Trinajstić information content (AvgIpc) is 3.43. The van der Waals surface area contributed by atoms with Gasteiger partial charge in [-0.15, -0.1) is 0 Å². The van der Waals surface area contributed by atoms with Gasteiger partial charge in [0.1, 0.15) is 41.6 Å². The van der Waals surface area contributed by atoms with Crippen molar-refractivity contribution < 1.29 is 24.5 Å². The standard InChI is InChI=1S/C18H18N4O5/c1-21-5-4-9-12-13(10-3-2-6-26-10)19-8-20-16(12)22(17(9)21)18-15(25)14(24)11(7-23)27-18/h2-6,8,11,14-15,18,23-25H,7H2,1H3/t11-,14-,15-,18-/m1/s1. The van der Waals surface area contributed by atoms with Crippen molar-refractivity contribution in [3.05, 3.63) is 37.0 Å². The molecule has 3 N–H and O–H groups in total. The van der Waals surface area contributed by atoms with Crippen molar-refractivity contribution in [3.63, 3.8) is 0 Å². The van der Waals surface area contributed by atoms with E-state index >= 15 is 0 Å². The van der Waals surface area contributed by atoms with Crippen LogP contribution in [0.1, 0.15) is 6.23 Å². The predicted molar refractivity (Wildman–Crippen MR) is 94.7 cm³/mol. The topological polar surface area (TPSA) is 119 Å². The number of furan rings is 1. The molecule has 9 heteroatoms. The molecule has 0 bridgehead atoms. The molecular formula is C18H18N4O5. The summed E-state index contributed by atoms with van der Waals surface area (Å²) in [7, 11) is 1.87. The predicted octanol–water partition coefficient (Wildman–Crippen LogP) is 0.794. The highest BCUT2D eigenvalue weighted by molar-refractivity contribution is 6.11. The van der Waals surface area contributed by atoms with Crippen LogP contribution < -0.4 is 0 Å². The molecule has 0 amide bonds. The second-order valence-corrected chi connectivity index (χ2v) is 6.66. The zero-order valence-electron chi connectivity index (χ0n) is 14.4. The van der Waals surface area contributed by atoms with E-state index in [1.165, 1.54) is 6.33 Å². The van der Waals surface area contributed by atoms with Gasteiger partial charge in [-0.25, -0.2) is 9.97 Å². The molecule has 27 heavy (non-hydrogen) atoms. The lowest BCUT2D eigenvalue weighted by Gasteiger charge is -2.19. The fourth-order valence-electron chi connectivity index (χ4n) is 3.86. The van der Waals surface area contributed by atoms with Crippen LogP contribution in [0.4, 0.5) is 0 Å². The smallest absolute Gasteiger partial charge is 0.166 e. The van der Waals surface area contributed by atoms with Crippen molar-refractivity contribution in [2.75, 3.05) is 6.61 Å². The molecule has 0 radical (unpaired) electrons. The summed E-state index contributed by atoms with van der Waals surface area (Å²) < 4.78 is 14.9. The second kappa shape index (κ2) is 5.89. The lowest BCUT2D eigenvalue weighted by Crippen LogP contribution is -2.33.